The van der Waals surface area contributed by atoms with Gasteiger partial charge in [-0.15, -0.1) is 0 Å². The van der Waals surface area contributed by atoms with E-state index in [-0.39, 0.29) is 0 Å². The molecule has 0 atom stereocenters. The number of halogens is 1. The van der Waals surface area contributed by atoms with E-state index in [0.717, 1.165) is 22.7 Å². The van der Waals surface area contributed by atoms with Gasteiger partial charge in [-0.25, -0.2) is 0 Å². The zero-order valence-electron chi connectivity index (χ0n) is 10.9. The molecule has 2 aromatic rings. The molecule has 0 bridgehead atoms. The van der Waals surface area contributed by atoms with Crippen molar-refractivity contribution in [3.05, 3.63) is 35.0 Å². The van der Waals surface area contributed by atoms with Crippen molar-refractivity contribution in [1.29, 1.82) is 0 Å². The van der Waals surface area contributed by atoms with E-state index in [1.807, 2.05) is 50.3 Å². The smallest absolute Gasteiger partial charge is 0.119 e. The highest BCUT2D eigenvalue weighted by Gasteiger charge is 2.16. The van der Waals surface area contributed by atoms with Crippen molar-refractivity contribution in [2.24, 2.45) is 0 Å². The van der Waals surface area contributed by atoms with Crippen LogP contribution in [0.2, 0.25) is 5.02 Å². The Morgan fingerprint density at radius 1 is 1.33 bits per heavy atom. The molecule has 18 heavy (non-hydrogen) atoms. The summed E-state index contributed by atoms with van der Waals surface area (Å²) in [5, 5.41) is 6.96. The highest BCUT2D eigenvalue weighted by molar-refractivity contribution is 6.33. The van der Waals surface area contributed by atoms with Crippen molar-refractivity contribution in [2.75, 3.05) is 26.2 Å². The van der Waals surface area contributed by atoms with Crippen LogP contribution in [0.1, 0.15) is 5.69 Å². The van der Waals surface area contributed by atoms with E-state index in [9.17, 15) is 0 Å². The molecule has 0 spiro atoms. The number of ether oxygens (including phenoxy) is 1. The predicted molar refractivity (Wildman–Crippen MR) is 74.0 cm³/mol. The lowest BCUT2D eigenvalue weighted by Crippen LogP contribution is -2.26. The lowest BCUT2D eigenvalue weighted by atomic mass is 10.1. The summed E-state index contributed by atoms with van der Waals surface area (Å²) in [5.74, 6) is 0.799. The third-order valence-electron chi connectivity index (χ3n) is 2.69. The molecule has 4 nitrogen and oxygen atoms in total. The van der Waals surface area contributed by atoms with Crippen molar-refractivity contribution < 1.29 is 4.74 Å². The Kier molecular flexibility index (Phi) is 3.48. The molecular formula is C13H16ClN3O. The SMILES string of the molecule is COc1cccc(-c2c(Cl)c(C)nn2N(C)C)c1. The third-order valence-corrected chi connectivity index (χ3v) is 3.14. The second-order valence-corrected chi connectivity index (χ2v) is 4.59. The van der Waals surface area contributed by atoms with Crippen LogP contribution >= 0.6 is 11.6 Å². The predicted octanol–water partition coefficient (Wildman–Crippen LogP) is 2.72. The molecule has 1 heterocycles. The number of aryl methyl sites for hydroxylation is 1. The maximum atomic E-state index is 6.34. The van der Waals surface area contributed by atoms with E-state index < -0.39 is 0 Å². The Hall–Kier alpha value is -1.68. The van der Waals surface area contributed by atoms with Crippen LogP contribution in [0, 0.1) is 6.92 Å². The Balaban J connectivity index is 2.61. The maximum absolute atomic E-state index is 6.34. The largest absolute Gasteiger partial charge is 0.497 e. The highest BCUT2D eigenvalue weighted by Crippen LogP contribution is 2.32. The van der Waals surface area contributed by atoms with Gasteiger partial charge in [0.15, 0.2) is 0 Å². The second kappa shape index (κ2) is 4.90. The number of hydrogen-bond acceptors (Lipinski definition) is 3. The van der Waals surface area contributed by atoms with Crippen molar-refractivity contribution in [3.8, 4) is 17.0 Å². The first kappa shape index (κ1) is 12.8. The molecule has 1 aromatic carbocycles. The van der Waals surface area contributed by atoms with Crippen molar-refractivity contribution in [2.45, 2.75) is 6.92 Å². The fourth-order valence-electron chi connectivity index (χ4n) is 1.80. The van der Waals surface area contributed by atoms with Crippen LogP contribution in [0.15, 0.2) is 24.3 Å². The Labute approximate surface area is 112 Å². The molecule has 0 radical (unpaired) electrons. The summed E-state index contributed by atoms with van der Waals surface area (Å²) in [6.45, 7) is 1.89. The minimum atomic E-state index is 0.664. The minimum absolute atomic E-state index is 0.664. The molecular weight excluding hydrogens is 250 g/mol. The van der Waals surface area contributed by atoms with E-state index in [1.54, 1.807) is 11.9 Å². The second-order valence-electron chi connectivity index (χ2n) is 4.22. The van der Waals surface area contributed by atoms with Gasteiger partial charge in [0.1, 0.15) is 11.4 Å². The average molecular weight is 266 g/mol. The summed E-state index contributed by atoms with van der Waals surface area (Å²) in [7, 11) is 5.49. The zero-order chi connectivity index (χ0) is 13.3. The number of nitrogens with zero attached hydrogens (tertiary/aromatic N) is 3. The molecule has 0 fully saturated rings. The van der Waals surface area contributed by atoms with Gasteiger partial charge >= 0.3 is 0 Å². The third kappa shape index (κ3) is 2.16. The fourth-order valence-corrected chi connectivity index (χ4v) is 2.02. The van der Waals surface area contributed by atoms with Crippen LogP contribution in [0.5, 0.6) is 5.75 Å². The summed E-state index contributed by atoms with van der Waals surface area (Å²) < 4.78 is 5.24. The number of methoxy groups -OCH3 is 1. The van der Waals surface area contributed by atoms with E-state index in [4.69, 9.17) is 16.3 Å². The maximum Gasteiger partial charge on any atom is 0.119 e. The molecule has 0 N–H and O–H groups in total. The summed E-state index contributed by atoms with van der Waals surface area (Å²) in [5.41, 5.74) is 2.66. The number of rotatable bonds is 3. The molecule has 0 aliphatic carbocycles. The van der Waals surface area contributed by atoms with Crippen LogP contribution in [0.4, 0.5) is 0 Å². The van der Waals surface area contributed by atoms with Gasteiger partial charge in [0.05, 0.1) is 17.8 Å². The monoisotopic (exact) mass is 265 g/mol. The van der Waals surface area contributed by atoms with Gasteiger partial charge < -0.3 is 9.75 Å². The lowest BCUT2D eigenvalue weighted by molar-refractivity contribution is 0.415. The summed E-state index contributed by atoms with van der Waals surface area (Å²) in [4.78, 5) is 1.78. The molecule has 5 heteroatoms. The van der Waals surface area contributed by atoms with Gasteiger partial charge in [0.25, 0.3) is 0 Å². The molecule has 0 amide bonds. The normalized spacial score (nSPS) is 10.5. The van der Waals surface area contributed by atoms with Gasteiger partial charge in [0, 0.05) is 19.7 Å². The summed E-state index contributed by atoms with van der Waals surface area (Å²) in [6, 6.07) is 7.78. The fraction of sp³-hybridized carbons (Fsp3) is 0.308. The van der Waals surface area contributed by atoms with Crippen LogP contribution in [-0.2, 0) is 0 Å². The summed E-state index contributed by atoms with van der Waals surface area (Å²) >= 11 is 6.34. The highest BCUT2D eigenvalue weighted by atomic mass is 35.5. The molecule has 0 aliphatic heterocycles. The Bertz CT molecular complexity index is 563. The van der Waals surface area contributed by atoms with Crippen molar-refractivity contribution in [3.63, 3.8) is 0 Å². The van der Waals surface area contributed by atoms with Gasteiger partial charge in [-0.05, 0) is 19.1 Å². The first-order chi connectivity index (χ1) is 8.54. The first-order valence-electron chi connectivity index (χ1n) is 5.61. The van der Waals surface area contributed by atoms with Crippen LogP contribution < -0.4 is 9.75 Å². The van der Waals surface area contributed by atoms with E-state index in [1.165, 1.54) is 0 Å². The van der Waals surface area contributed by atoms with Crippen LogP contribution in [-0.4, -0.2) is 31.1 Å². The number of hydrogen-bond donors (Lipinski definition) is 0. The van der Waals surface area contributed by atoms with E-state index in [0.29, 0.717) is 5.02 Å². The zero-order valence-corrected chi connectivity index (χ0v) is 11.7. The summed E-state index contributed by atoms with van der Waals surface area (Å²) in [6.07, 6.45) is 0. The van der Waals surface area contributed by atoms with Gasteiger partial charge in [-0.1, -0.05) is 23.7 Å². The molecule has 2 rings (SSSR count). The molecule has 96 valence electrons. The van der Waals surface area contributed by atoms with Gasteiger partial charge in [-0.3, -0.25) is 0 Å². The van der Waals surface area contributed by atoms with Crippen LogP contribution in [0.3, 0.4) is 0 Å². The quantitative estimate of drug-likeness (QED) is 0.855. The van der Waals surface area contributed by atoms with E-state index >= 15 is 0 Å². The minimum Gasteiger partial charge on any atom is -0.497 e. The number of aromatic nitrogens is 2. The van der Waals surface area contributed by atoms with Gasteiger partial charge in [-0.2, -0.15) is 9.89 Å². The average Bonchev–Trinajstić information content (AvgIpc) is 2.66. The first-order valence-corrected chi connectivity index (χ1v) is 5.99. The molecule has 0 unspecified atom stereocenters. The van der Waals surface area contributed by atoms with Gasteiger partial charge in [0.2, 0.25) is 0 Å². The lowest BCUT2D eigenvalue weighted by Gasteiger charge is -2.16. The molecule has 0 saturated carbocycles. The number of benzene rings is 1. The topological polar surface area (TPSA) is 30.3 Å². The Morgan fingerprint density at radius 2 is 2.06 bits per heavy atom. The van der Waals surface area contributed by atoms with Crippen LogP contribution in [0.25, 0.3) is 11.3 Å². The van der Waals surface area contributed by atoms with E-state index in [2.05, 4.69) is 5.10 Å². The standard InChI is InChI=1S/C13H16ClN3O/c1-9-12(14)13(17(15-9)16(2)3)10-6-5-7-11(8-10)18-4/h5-8H,1-4H3. The Morgan fingerprint density at radius 3 is 2.67 bits per heavy atom. The van der Waals surface area contributed by atoms with Crippen molar-refractivity contribution in [1.82, 2.24) is 9.89 Å². The molecule has 0 aliphatic rings. The molecule has 0 saturated heterocycles. The van der Waals surface area contributed by atoms with Crippen molar-refractivity contribution >= 4 is 11.6 Å². The molecule has 1 aromatic heterocycles.